The van der Waals surface area contributed by atoms with Gasteiger partial charge in [0.15, 0.2) is 5.82 Å². The Labute approximate surface area is 123 Å². The Bertz CT molecular complexity index is 489. The Balaban J connectivity index is 2.02. The Kier molecular flexibility index (Phi) is 5.30. The second-order valence-electron chi connectivity index (χ2n) is 4.50. The summed E-state index contributed by atoms with van der Waals surface area (Å²) in [7, 11) is 0. The third kappa shape index (κ3) is 3.52. The Hall–Kier alpha value is -0.980. The highest BCUT2D eigenvalue weighted by Crippen LogP contribution is 2.23. The van der Waals surface area contributed by atoms with Gasteiger partial charge in [0.05, 0.1) is 24.5 Å². The molecule has 0 saturated heterocycles. The molecule has 2 heterocycles. The van der Waals surface area contributed by atoms with E-state index in [0.29, 0.717) is 5.16 Å². The van der Waals surface area contributed by atoms with Crippen molar-refractivity contribution in [3.8, 4) is 10.7 Å². The molecule has 19 heavy (non-hydrogen) atoms. The van der Waals surface area contributed by atoms with Gasteiger partial charge in [-0.15, -0.1) is 16.4 Å². The smallest absolute Gasteiger partial charge is 0.172 e. The quantitative estimate of drug-likeness (QED) is 0.781. The number of quaternary nitrogens is 1. The van der Waals surface area contributed by atoms with Gasteiger partial charge >= 0.3 is 0 Å². The highest BCUT2D eigenvalue weighted by molar-refractivity contribution is 7.58. The molecule has 4 nitrogen and oxygen atoms in total. The van der Waals surface area contributed by atoms with Crippen LogP contribution in [0.5, 0.6) is 0 Å². The van der Waals surface area contributed by atoms with Crippen LogP contribution >= 0.6 is 11.3 Å². The summed E-state index contributed by atoms with van der Waals surface area (Å²) in [5.41, 5.74) is 0. The minimum absolute atomic E-state index is 0.595. The van der Waals surface area contributed by atoms with E-state index in [1.165, 1.54) is 19.6 Å². The Morgan fingerprint density at radius 3 is 2.74 bits per heavy atom. The summed E-state index contributed by atoms with van der Waals surface area (Å²) in [6, 6.07) is 4.09. The largest absolute Gasteiger partial charge is 0.740 e. The zero-order chi connectivity index (χ0) is 13.7. The van der Waals surface area contributed by atoms with Crippen LogP contribution in [0.25, 0.3) is 10.7 Å². The van der Waals surface area contributed by atoms with Gasteiger partial charge in [-0.3, -0.25) is 0 Å². The molecule has 0 unspecified atom stereocenters. The summed E-state index contributed by atoms with van der Waals surface area (Å²) in [5.74, 6) is 0.912. The molecule has 0 amide bonds. The molecule has 0 spiro atoms. The van der Waals surface area contributed by atoms with Crippen LogP contribution in [-0.4, -0.2) is 34.4 Å². The van der Waals surface area contributed by atoms with Crippen LogP contribution in [0, 0.1) is 0 Å². The first-order valence-corrected chi connectivity index (χ1v) is 8.02. The van der Waals surface area contributed by atoms with Gasteiger partial charge in [-0.1, -0.05) is 6.07 Å². The monoisotopic (exact) mass is 296 g/mol. The Morgan fingerprint density at radius 1 is 1.32 bits per heavy atom. The normalized spacial score (nSPS) is 11.3. The fourth-order valence-electron chi connectivity index (χ4n) is 2.17. The second kappa shape index (κ2) is 6.98. The molecule has 0 bridgehead atoms. The van der Waals surface area contributed by atoms with Gasteiger partial charge < -0.3 is 22.1 Å². The van der Waals surface area contributed by atoms with Gasteiger partial charge in [0, 0.05) is 18.1 Å². The second-order valence-corrected chi connectivity index (χ2v) is 5.81. The maximum atomic E-state index is 5.27. The third-order valence-corrected chi connectivity index (χ3v) is 4.54. The lowest BCUT2D eigenvalue weighted by Gasteiger charge is -2.17. The van der Waals surface area contributed by atoms with Crippen LogP contribution in [0.15, 0.2) is 22.7 Å². The third-order valence-electron chi connectivity index (χ3n) is 3.37. The van der Waals surface area contributed by atoms with Crippen molar-refractivity contribution in [2.75, 3.05) is 19.6 Å². The van der Waals surface area contributed by atoms with Crippen molar-refractivity contribution in [3.63, 3.8) is 0 Å². The molecule has 0 saturated carbocycles. The van der Waals surface area contributed by atoms with Crippen molar-refractivity contribution in [1.82, 2.24) is 14.8 Å². The predicted octanol–water partition coefficient (Wildman–Crippen LogP) is 1.23. The molecule has 2 aromatic rings. The van der Waals surface area contributed by atoms with Gasteiger partial charge in [0.25, 0.3) is 0 Å². The van der Waals surface area contributed by atoms with E-state index in [1.807, 2.05) is 6.07 Å². The summed E-state index contributed by atoms with van der Waals surface area (Å²) in [6.07, 6.45) is 1.11. The average molecular weight is 296 g/mol. The van der Waals surface area contributed by atoms with E-state index in [1.54, 1.807) is 16.2 Å². The summed E-state index contributed by atoms with van der Waals surface area (Å²) >= 11 is 6.95. The molecular weight excluding hydrogens is 276 g/mol. The molecule has 2 aromatic heterocycles. The topological polar surface area (TPSA) is 35.2 Å². The van der Waals surface area contributed by atoms with E-state index < -0.39 is 0 Å². The molecule has 2 rings (SSSR count). The first kappa shape index (κ1) is 14.4. The zero-order valence-electron chi connectivity index (χ0n) is 11.4. The van der Waals surface area contributed by atoms with E-state index >= 15 is 0 Å². The van der Waals surface area contributed by atoms with Crippen molar-refractivity contribution >= 4 is 24.0 Å². The van der Waals surface area contributed by atoms with Crippen LogP contribution in [-0.2, 0) is 19.2 Å². The number of thiophene rings is 1. The molecule has 0 aliphatic heterocycles. The lowest BCUT2D eigenvalue weighted by Crippen LogP contribution is -3.11. The molecule has 0 aliphatic rings. The summed E-state index contributed by atoms with van der Waals surface area (Å²) < 4.78 is 2.06. The zero-order valence-corrected chi connectivity index (χ0v) is 13.1. The molecule has 0 radical (unpaired) electrons. The van der Waals surface area contributed by atoms with Gasteiger partial charge in [-0.05, 0) is 25.3 Å². The average Bonchev–Trinajstić information content (AvgIpc) is 3.05. The molecule has 0 atom stereocenters. The van der Waals surface area contributed by atoms with Crippen molar-refractivity contribution in [1.29, 1.82) is 0 Å². The lowest BCUT2D eigenvalue weighted by atomic mass is 10.3. The maximum Gasteiger partial charge on any atom is 0.172 e. The Morgan fingerprint density at radius 2 is 2.11 bits per heavy atom. The van der Waals surface area contributed by atoms with E-state index in [0.717, 1.165) is 23.7 Å². The fraction of sp³-hybridized carbons (Fsp3) is 0.538. The predicted molar refractivity (Wildman–Crippen MR) is 80.5 cm³/mol. The van der Waals surface area contributed by atoms with Crippen molar-refractivity contribution in [3.05, 3.63) is 17.5 Å². The van der Waals surface area contributed by atoms with E-state index in [-0.39, 0.29) is 0 Å². The highest BCUT2D eigenvalue weighted by Gasteiger charge is 2.10. The number of hydrogen-bond donors (Lipinski definition) is 1. The van der Waals surface area contributed by atoms with Crippen molar-refractivity contribution in [2.45, 2.75) is 32.0 Å². The minimum Gasteiger partial charge on any atom is -0.740 e. The molecule has 0 fully saturated rings. The van der Waals surface area contributed by atoms with Crippen LogP contribution < -0.4 is 4.90 Å². The van der Waals surface area contributed by atoms with E-state index in [9.17, 15) is 0 Å². The van der Waals surface area contributed by atoms with Gasteiger partial charge in [-0.25, -0.2) is 0 Å². The minimum atomic E-state index is 0.595. The SMILES string of the molecule is CC[NH+](CC)CCCn1c([S-])nnc1-c1cccs1. The summed E-state index contributed by atoms with van der Waals surface area (Å²) in [6.45, 7) is 8.89. The molecule has 6 heteroatoms. The number of nitrogens with one attached hydrogen (secondary N) is 1. The maximum absolute atomic E-state index is 5.27. The summed E-state index contributed by atoms with van der Waals surface area (Å²) in [5, 5.41) is 10.9. The van der Waals surface area contributed by atoms with Crippen LogP contribution in [0.2, 0.25) is 0 Å². The van der Waals surface area contributed by atoms with E-state index in [2.05, 4.69) is 40.1 Å². The van der Waals surface area contributed by atoms with E-state index in [4.69, 9.17) is 12.6 Å². The number of aromatic nitrogens is 3. The number of rotatable bonds is 7. The molecule has 0 aromatic carbocycles. The first-order valence-electron chi connectivity index (χ1n) is 6.73. The van der Waals surface area contributed by atoms with Crippen molar-refractivity contribution < 1.29 is 4.90 Å². The van der Waals surface area contributed by atoms with Crippen LogP contribution in [0.1, 0.15) is 20.3 Å². The number of nitrogens with zero attached hydrogens (tertiary/aromatic N) is 3. The van der Waals surface area contributed by atoms with Crippen LogP contribution in [0.4, 0.5) is 0 Å². The summed E-state index contributed by atoms with van der Waals surface area (Å²) in [4.78, 5) is 2.76. The van der Waals surface area contributed by atoms with Crippen LogP contribution in [0.3, 0.4) is 0 Å². The first-order chi connectivity index (χ1) is 9.26. The highest BCUT2D eigenvalue weighted by atomic mass is 32.1. The number of hydrogen-bond acceptors (Lipinski definition) is 4. The molecule has 104 valence electrons. The molecular formula is C13H20N4S2. The van der Waals surface area contributed by atoms with Gasteiger partial charge in [0.1, 0.15) is 0 Å². The molecule has 1 N–H and O–H groups in total. The lowest BCUT2D eigenvalue weighted by molar-refractivity contribution is -0.896. The van der Waals surface area contributed by atoms with Gasteiger partial charge in [-0.2, -0.15) is 5.10 Å². The standard InChI is InChI=1S/C13H20N4S2/c1-3-16(4-2)8-6-9-17-12(14-15-13(17)18)11-7-5-10-19-11/h5,7,10H,3-4,6,8-9H2,1-2H3,(H,15,18). The van der Waals surface area contributed by atoms with Gasteiger partial charge in [0.2, 0.25) is 0 Å². The molecule has 0 aliphatic carbocycles. The fourth-order valence-corrected chi connectivity index (χ4v) is 3.10. The van der Waals surface area contributed by atoms with Crippen molar-refractivity contribution in [2.24, 2.45) is 0 Å².